The minimum Gasteiger partial charge on any atom is -0.307 e. The molecule has 0 saturated heterocycles. The third-order valence-corrected chi connectivity index (χ3v) is 5.72. The molecule has 0 amide bonds. The maximum Gasteiger partial charge on any atom is 0.0351 e. The van der Waals surface area contributed by atoms with Gasteiger partial charge in [0.2, 0.25) is 0 Å². The Bertz CT molecular complexity index is 388. The Balaban J connectivity index is 1.65. The monoisotopic (exact) mass is 275 g/mol. The minimum absolute atomic E-state index is 0.604. The van der Waals surface area contributed by atoms with Gasteiger partial charge in [0.25, 0.3) is 0 Å². The van der Waals surface area contributed by atoms with Crippen LogP contribution in [0.25, 0.3) is 0 Å². The largest absolute Gasteiger partial charge is 0.307 e. The van der Waals surface area contributed by atoms with Crippen LogP contribution in [-0.4, -0.2) is 17.5 Å². The highest BCUT2D eigenvalue weighted by atomic mass is 32.2. The first-order valence-electron chi connectivity index (χ1n) is 7.70. The van der Waals surface area contributed by atoms with Crippen molar-refractivity contribution in [3.63, 3.8) is 0 Å². The molecule has 2 aliphatic rings. The molecule has 3 unspecified atom stereocenters. The third-order valence-electron chi connectivity index (χ3n) is 4.63. The van der Waals surface area contributed by atoms with Crippen LogP contribution < -0.4 is 5.32 Å². The van der Waals surface area contributed by atoms with E-state index in [1.807, 2.05) is 0 Å². The molecule has 0 spiro atoms. The van der Waals surface area contributed by atoms with E-state index in [-0.39, 0.29) is 0 Å². The van der Waals surface area contributed by atoms with Crippen LogP contribution >= 0.6 is 11.8 Å². The van der Waals surface area contributed by atoms with Gasteiger partial charge in [0.1, 0.15) is 0 Å². The number of rotatable bonds is 5. The zero-order valence-electron chi connectivity index (χ0n) is 11.8. The standard InChI is InChI=1S/C17H25NS/c1-19-16-9-5-8-15(12-16)18-17(14-10-11-14)13-6-3-2-4-7-13/h2-4,6-7,14-18H,5,8-12H2,1H3. The van der Waals surface area contributed by atoms with Crippen LogP contribution in [0.4, 0.5) is 0 Å². The Kier molecular flexibility index (Phi) is 4.49. The lowest BCUT2D eigenvalue weighted by molar-refractivity contribution is 0.328. The second-order valence-corrected chi connectivity index (χ2v) is 7.25. The molecular formula is C17H25NS. The van der Waals surface area contributed by atoms with E-state index in [2.05, 4.69) is 53.7 Å². The second-order valence-electron chi connectivity index (χ2n) is 6.11. The van der Waals surface area contributed by atoms with Gasteiger partial charge in [-0.05, 0) is 49.8 Å². The molecule has 0 aromatic heterocycles. The van der Waals surface area contributed by atoms with Crippen molar-refractivity contribution in [3.05, 3.63) is 35.9 Å². The lowest BCUT2D eigenvalue weighted by atomic mass is 9.92. The summed E-state index contributed by atoms with van der Waals surface area (Å²) in [5.41, 5.74) is 1.50. The average Bonchev–Trinajstić information content (AvgIpc) is 3.30. The lowest BCUT2D eigenvalue weighted by Gasteiger charge is -2.32. The second kappa shape index (κ2) is 6.32. The van der Waals surface area contributed by atoms with E-state index in [4.69, 9.17) is 0 Å². The molecule has 19 heavy (non-hydrogen) atoms. The zero-order valence-corrected chi connectivity index (χ0v) is 12.7. The van der Waals surface area contributed by atoms with Gasteiger partial charge in [-0.1, -0.05) is 36.8 Å². The Labute approximate surface area is 121 Å². The fraction of sp³-hybridized carbons (Fsp3) is 0.647. The summed E-state index contributed by atoms with van der Waals surface area (Å²) in [5.74, 6) is 0.886. The van der Waals surface area contributed by atoms with Crippen LogP contribution in [0.3, 0.4) is 0 Å². The highest BCUT2D eigenvalue weighted by Gasteiger charge is 2.34. The molecule has 2 fully saturated rings. The molecule has 3 rings (SSSR count). The van der Waals surface area contributed by atoms with E-state index in [0.29, 0.717) is 6.04 Å². The van der Waals surface area contributed by atoms with Gasteiger partial charge in [0.15, 0.2) is 0 Å². The zero-order chi connectivity index (χ0) is 13.1. The fourth-order valence-electron chi connectivity index (χ4n) is 3.36. The molecular weight excluding hydrogens is 250 g/mol. The van der Waals surface area contributed by atoms with Gasteiger partial charge in [-0.3, -0.25) is 0 Å². The summed E-state index contributed by atoms with van der Waals surface area (Å²) < 4.78 is 0. The quantitative estimate of drug-likeness (QED) is 0.854. The van der Waals surface area contributed by atoms with Crippen molar-refractivity contribution in [1.29, 1.82) is 0 Å². The molecule has 2 saturated carbocycles. The number of hydrogen-bond donors (Lipinski definition) is 1. The Morgan fingerprint density at radius 2 is 1.89 bits per heavy atom. The van der Waals surface area contributed by atoms with Crippen LogP contribution in [0.15, 0.2) is 30.3 Å². The molecule has 104 valence electrons. The third kappa shape index (κ3) is 3.55. The van der Waals surface area contributed by atoms with Crippen LogP contribution in [0.2, 0.25) is 0 Å². The first kappa shape index (κ1) is 13.5. The molecule has 0 heterocycles. The summed E-state index contributed by atoms with van der Waals surface area (Å²) in [6, 6.07) is 12.4. The summed E-state index contributed by atoms with van der Waals surface area (Å²) in [5, 5.41) is 4.86. The topological polar surface area (TPSA) is 12.0 Å². The van der Waals surface area contributed by atoms with Gasteiger partial charge < -0.3 is 5.32 Å². The Morgan fingerprint density at radius 3 is 2.58 bits per heavy atom. The molecule has 1 aromatic rings. The lowest BCUT2D eigenvalue weighted by Crippen LogP contribution is -2.38. The number of nitrogens with one attached hydrogen (secondary N) is 1. The van der Waals surface area contributed by atoms with Crippen molar-refractivity contribution in [2.24, 2.45) is 5.92 Å². The van der Waals surface area contributed by atoms with Crippen molar-refractivity contribution >= 4 is 11.8 Å². The van der Waals surface area contributed by atoms with Gasteiger partial charge in [0.05, 0.1) is 0 Å². The Hall–Kier alpha value is -0.470. The SMILES string of the molecule is CSC1CCCC(NC(c2ccccc2)C2CC2)C1. The van der Waals surface area contributed by atoms with Crippen LogP contribution in [-0.2, 0) is 0 Å². The summed E-state index contributed by atoms with van der Waals surface area (Å²) in [7, 11) is 0. The van der Waals surface area contributed by atoms with Gasteiger partial charge in [-0.2, -0.15) is 11.8 Å². The summed E-state index contributed by atoms with van der Waals surface area (Å²) in [6.07, 6.45) is 10.6. The van der Waals surface area contributed by atoms with Crippen molar-refractivity contribution < 1.29 is 0 Å². The van der Waals surface area contributed by atoms with E-state index >= 15 is 0 Å². The van der Waals surface area contributed by atoms with Crippen molar-refractivity contribution in [2.75, 3.05) is 6.26 Å². The normalized spacial score (nSPS) is 29.1. The van der Waals surface area contributed by atoms with Crippen molar-refractivity contribution in [2.45, 2.75) is 55.9 Å². The van der Waals surface area contributed by atoms with Crippen molar-refractivity contribution in [1.82, 2.24) is 5.32 Å². The van der Waals surface area contributed by atoms with Crippen LogP contribution in [0, 0.1) is 5.92 Å². The maximum absolute atomic E-state index is 3.99. The molecule has 1 N–H and O–H groups in total. The van der Waals surface area contributed by atoms with Crippen molar-refractivity contribution in [3.8, 4) is 0 Å². The first-order chi connectivity index (χ1) is 9.36. The van der Waals surface area contributed by atoms with Gasteiger partial charge >= 0.3 is 0 Å². The van der Waals surface area contributed by atoms with Crippen LogP contribution in [0.5, 0.6) is 0 Å². The molecule has 0 aliphatic heterocycles. The highest BCUT2D eigenvalue weighted by Crippen LogP contribution is 2.42. The molecule has 1 nitrogen and oxygen atoms in total. The minimum atomic E-state index is 0.604. The summed E-state index contributed by atoms with van der Waals surface area (Å²) in [6.45, 7) is 0. The number of hydrogen-bond acceptors (Lipinski definition) is 2. The molecule has 2 aliphatic carbocycles. The number of benzene rings is 1. The molecule has 0 bridgehead atoms. The summed E-state index contributed by atoms with van der Waals surface area (Å²) >= 11 is 2.06. The highest BCUT2D eigenvalue weighted by molar-refractivity contribution is 7.99. The molecule has 0 radical (unpaired) electrons. The van der Waals surface area contributed by atoms with E-state index < -0.39 is 0 Å². The van der Waals surface area contributed by atoms with Gasteiger partial charge in [0, 0.05) is 17.3 Å². The van der Waals surface area contributed by atoms with Gasteiger partial charge in [-0.25, -0.2) is 0 Å². The molecule has 3 atom stereocenters. The number of thioether (sulfide) groups is 1. The predicted molar refractivity (Wildman–Crippen MR) is 84.6 cm³/mol. The predicted octanol–water partition coefficient (Wildman–Crippen LogP) is 4.40. The van der Waals surface area contributed by atoms with Gasteiger partial charge in [-0.15, -0.1) is 0 Å². The first-order valence-corrected chi connectivity index (χ1v) is 8.99. The average molecular weight is 275 g/mol. The summed E-state index contributed by atoms with van der Waals surface area (Å²) in [4.78, 5) is 0. The van der Waals surface area contributed by atoms with E-state index in [9.17, 15) is 0 Å². The molecule has 2 heteroatoms. The van der Waals surface area contributed by atoms with E-state index in [0.717, 1.165) is 17.2 Å². The smallest absolute Gasteiger partial charge is 0.0351 e. The maximum atomic E-state index is 3.99. The van der Waals surface area contributed by atoms with Crippen LogP contribution in [0.1, 0.15) is 50.1 Å². The van der Waals surface area contributed by atoms with E-state index in [1.54, 1.807) is 0 Å². The molecule has 1 aromatic carbocycles. The fourth-order valence-corrected chi connectivity index (χ4v) is 4.19. The Morgan fingerprint density at radius 1 is 1.11 bits per heavy atom. The van der Waals surface area contributed by atoms with E-state index in [1.165, 1.54) is 44.1 Å².